The standard InChI is InChI=1S/C17H16N4OS/c1-12-15(14-8-5-9-18-11-14)23-17(20-12)21-16(22)19-10-13-6-3-2-4-7-13/h2-9,11H,10H2,1H3,(H2,19,20,21,22). The van der Waals surface area contributed by atoms with E-state index in [2.05, 4.69) is 20.6 Å². The second kappa shape index (κ2) is 7.02. The van der Waals surface area contributed by atoms with E-state index in [1.54, 1.807) is 12.4 Å². The Balaban J connectivity index is 1.63. The van der Waals surface area contributed by atoms with Gasteiger partial charge in [-0.1, -0.05) is 47.7 Å². The summed E-state index contributed by atoms with van der Waals surface area (Å²) >= 11 is 1.44. The minimum Gasteiger partial charge on any atom is -0.334 e. The number of aromatic nitrogens is 2. The Morgan fingerprint density at radius 1 is 1.17 bits per heavy atom. The molecule has 1 aromatic carbocycles. The number of nitrogens with one attached hydrogen (secondary N) is 2. The number of anilines is 1. The Morgan fingerprint density at radius 2 is 2.00 bits per heavy atom. The van der Waals surface area contributed by atoms with E-state index in [1.807, 2.05) is 49.4 Å². The summed E-state index contributed by atoms with van der Waals surface area (Å²) < 4.78 is 0. The fourth-order valence-electron chi connectivity index (χ4n) is 2.13. The fraction of sp³-hybridized carbons (Fsp3) is 0.118. The lowest BCUT2D eigenvalue weighted by molar-refractivity contribution is 0.251. The fourth-order valence-corrected chi connectivity index (χ4v) is 3.09. The van der Waals surface area contributed by atoms with Gasteiger partial charge in [-0.05, 0) is 18.6 Å². The van der Waals surface area contributed by atoms with Crippen molar-refractivity contribution in [1.82, 2.24) is 15.3 Å². The van der Waals surface area contributed by atoms with Crippen LogP contribution in [0.3, 0.4) is 0 Å². The van der Waals surface area contributed by atoms with Crippen molar-refractivity contribution in [2.75, 3.05) is 5.32 Å². The maximum atomic E-state index is 12.0. The molecule has 0 spiro atoms. The highest BCUT2D eigenvalue weighted by Crippen LogP contribution is 2.31. The van der Waals surface area contributed by atoms with Crippen LogP contribution in [0, 0.1) is 6.92 Å². The number of pyridine rings is 1. The summed E-state index contributed by atoms with van der Waals surface area (Å²) in [6.45, 7) is 2.40. The van der Waals surface area contributed by atoms with Crippen molar-refractivity contribution in [2.45, 2.75) is 13.5 Å². The summed E-state index contributed by atoms with van der Waals surface area (Å²) in [6.07, 6.45) is 3.52. The number of nitrogens with zero attached hydrogens (tertiary/aromatic N) is 2. The lowest BCUT2D eigenvalue weighted by atomic mass is 10.2. The zero-order valence-electron chi connectivity index (χ0n) is 12.6. The van der Waals surface area contributed by atoms with E-state index in [-0.39, 0.29) is 6.03 Å². The van der Waals surface area contributed by atoms with Crippen LogP contribution < -0.4 is 10.6 Å². The first kappa shape index (κ1) is 15.2. The monoisotopic (exact) mass is 324 g/mol. The topological polar surface area (TPSA) is 66.9 Å². The summed E-state index contributed by atoms with van der Waals surface area (Å²) in [7, 11) is 0. The molecule has 2 heterocycles. The van der Waals surface area contributed by atoms with Gasteiger partial charge < -0.3 is 5.32 Å². The van der Waals surface area contributed by atoms with Crippen LogP contribution in [0.5, 0.6) is 0 Å². The van der Waals surface area contributed by atoms with Gasteiger partial charge in [-0.15, -0.1) is 0 Å². The van der Waals surface area contributed by atoms with Crippen LogP contribution in [-0.2, 0) is 6.54 Å². The minimum atomic E-state index is -0.264. The maximum Gasteiger partial charge on any atom is 0.321 e. The van der Waals surface area contributed by atoms with Gasteiger partial charge in [0.2, 0.25) is 0 Å². The molecule has 0 aliphatic carbocycles. The van der Waals surface area contributed by atoms with Gasteiger partial charge in [-0.2, -0.15) is 0 Å². The Morgan fingerprint density at radius 3 is 2.74 bits per heavy atom. The van der Waals surface area contributed by atoms with Crippen molar-refractivity contribution >= 4 is 22.5 Å². The molecule has 0 radical (unpaired) electrons. The number of carbonyl (C=O) groups is 1. The van der Waals surface area contributed by atoms with Crippen LogP contribution in [0.2, 0.25) is 0 Å². The Bertz CT molecular complexity index is 787. The number of aryl methyl sites for hydroxylation is 1. The van der Waals surface area contributed by atoms with Crippen LogP contribution >= 0.6 is 11.3 Å². The molecule has 6 heteroatoms. The summed E-state index contributed by atoms with van der Waals surface area (Å²) in [5.41, 5.74) is 2.93. The summed E-state index contributed by atoms with van der Waals surface area (Å²) in [5, 5.41) is 6.18. The molecule has 0 atom stereocenters. The number of hydrogen-bond acceptors (Lipinski definition) is 4. The molecular weight excluding hydrogens is 308 g/mol. The van der Waals surface area contributed by atoms with E-state index in [9.17, 15) is 4.79 Å². The van der Waals surface area contributed by atoms with Crippen molar-refractivity contribution in [1.29, 1.82) is 0 Å². The van der Waals surface area contributed by atoms with Gasteiger partial charge in [0.15, 0.2) is 5.13 Å². The van der Waals surface area contributed by atoms with Crippen LogP contribution in [-0.4, -0.2) is 16.0 Å². The smallest absolute Gasteiger partial charge is 0.321 e. The van der Waals surface area contributed by atoms with Crippen LogP contribution in [0.15, 0.2) is 54.9 Å². The molecule has 0 aliphatic heterocycles. The molecule has 23 heavy (non-hydrogen) atoms. The van der Waals surface area contributed by atoms with Gasteiger partial charge in [0.05, 0.1) is 10.6 Å². The lowest BCUT2D eigenvalue weighted by Crippen LogP contribution is -2.28. The van der Waals surface area contributed by atoms with Gasteiger partial charge in [-0.25, -0.2) is 9.78 Å². The third-order valence-electron chi connectivity index (χ3n) is 3.24. The molecule has 0 bridgehead atoms. The quantitative estimate of drug-likeness (QED) is 0.766. The van der Waals surface area contributed by atoms with Crippen LogP contribution in [0.4, 0.5) is 9.93 Å². The van der Waals surface area contributed by atoms with Crippen molar-refractivity contribution in [3.05, 3.63) is 66.1 Å². The molecule has 2 aromatic heterocycles. The second-order valence-electron chi connectivity index (χ2n) is 4.97. The first-order valence-electron chi connectivity index (χ1n) is 7.19. The van der Waals surface area contributed by atoms with Gasteiger partial charge in [0.1, 0.15) is 0 Å². The van der Waals surface area contributed by atoms with E-state index in [4.69, 9.17) is 0 Å². The maximum absolute atomic E-state index is 12.0. The molecule has 2 amide bonds. The zero-order chi connectivity index (χ0) is 16.1. The van der Waals surface area contributed by atoms with Crippen molar-refractivity contribution in [3.8, 4) is 10.4 Å². The molecule has 3 aromatic rings. The molecule has 3 rings (SSSR count). The number of rotatable bonds is 4. The summed E-state index contributed by atoms with van der Waals surface area (Å²) in [4.78, 5) is 21.5. The van der Waals surface area contributed by atoms with E-state index in [1.165, 1.54) is 11.3 Å². The average molecular weight is 324 g/mol. The summed E-state index contributed by atoms with van der Waals surface area (Å²) in [6, 6.07) is 13.4. The predicted octanol–water partition coefficient (Wildman–Crippen LogP) is 3.84. The third-order valence-corrected chi connectivity index (χ3v) is 4.36. The van der Waals surface area contributed by atoms with Gasteiger partial charge in [0.25, 0.3) is 0 Å². The molecule has 0 fully saturated rings. The molecular formula is C17H16N4OS. The zero-order valence-corrected chi connectivity index (χ0v) is 13.4. The normalized spacial score (nSPS) is 10.3. The van der Waals surface area contributed by atoms with Gasteiger partial charge >= 0.3 is 6.03 Å². The highest BCUT2D eigenvalue weighted by Gasteiger charge is 2.11. The number of carbonyl (C=O) groups excluding carboxylic acids is 1. The van der Waals surface area contributed by atoms with Crippen LogP contribution in [0.1, 0.15) is 11.3 Å². The first-order chi connectivity index (χ1) is 11.2. The van der Waals surface area contributed by atoms with Gasteiger partial charge in [-0.3, -0.25) is 10.3 Å². The lowest BCUT2D eigenvalue weighted by Gasteiger charge is -2.05. The Hall–Kier alpha value is -2.73. The van der Waals surface area contributed by atoms with Crippen molar-refractivity contribution in [3.63, 3.8) is 0 Å². The third kappa shape index (κ3) is 3.92. The first-order valence-corrected chi connectivity index (χ1v) is 8.00. The van der Waals surface area contributed by atoms with Gasteiger partial charge in [0, 0.05) is 24.5 Å². The number of urea groups is 1. The summed E-state index contributed by atoms with van der Waals surface area (Å²) in [5.74, 6) is 0. The number of benzene rings is 1. The molecule has 0 aliphatic rings. The Labute approximate surface area is 138 Å². The Kier molecular flexibility index (Phi) is 4.63. The molecule has 0 saturated carbocycles. The molecule has 116 valence electrons. The van der Waals surface area contributed by atoms with E-state index < -0.39 is 0 Å². The van der Waals surface area contributed by atoms with E-state index >= 15 is 0 Å². The molecule has 0 unspecified atom stereocenters. The molecule has 2 N–H and O–H groups in total. The van der Waals surface area contributed by atoms with Crippen molar-refractivity contribution in [2.24, 2.45) is 0 Å². The second-order valence-corrected chi connectivity index (χ2v) is 5.97. The molecule has 0 saturated heterocycles. The molecule has 5 nitrogen and oxygen atoms in total. The average Bonchev–Trinajstić information content (AvgIpc) is 2.95. The van der Waals surface area contributed by atoms with E-state index in [0.717, 1.165) is 21.7 Å². The number of hydrogen-bond donors (Lipinski definition) is 2. The SMILES string of the molecule is Cc1nc(NC(=O)NCc2ccccc2)sc1-c1cccnc1. The van der Waals surface area contributed by atoms with E-state index in [0.29, 0.717) is 11.7 Å². The number of amides is 2. The highest BCUT2D eigenvalue weighted by atomic mass is 32.1. The number of thiazole rings is 1. The largest absolute Gasteiger partial charge is 0.334 e. The van der Waals surface area contributed by atoms with Crippen molar-refractivity contribution < 1.29 is 4.79 Å². The minimum absolute atomic E-state index is 0.264. The highest BCUT2D eigenvalue weighted by molar-refractivity contribution is 7.19. The predicted molar refractivity (Wildman–Crippen MR) is 92.4 cm³/mol. The van der Waals surface area contributed by atoms with Crippen LogP contribution in [0.25, 0.3) is 10.4 Å².